The number of nitrogens with zero attached hydrogens (tertiary/aromatic N) is 2. The van der Waals surface area contributed by atoms with E-state index in [1.54, 1.807) is 0 Å². The molecule has 0 saturated carbocycles. The van der Waals surface area contributed by atoms with Gasteiger partial charge in [-0.3, -0.25) is 0 Å². The van der Waals surface area contributed by atoms with Crippen LogP contribution in [-0.2, 0) is 20.5 Å². The summed E-state index contributed by atoms with van der Waals surface area (Å²) in [5.41, 5.74) is 0. The van der Waals surface area contributed by atoms with Crippen molar-refractivity contribution in [3.8, 4) is 0 Å². The number of hydrogen-bond donors (Lipinski definition) is 0. The molecule has 0 saturated heterocycles. The van der Waals surface area contributed by atoms with E-state index in [0.717, 1.165) is 0 Å². The fraction of sp³-hybridized carbons (Fsp3) is 0.750. The Morgan fingerprint density at radius 3 is 2.40 bits per heavy atom. The molecule has 88 valence electrons. The lowest BCUT2D eigenvalue weighted by Crippen LogP contribution is -3.00. The SMILES string of the molecule is CCCCCCCc1n(C)cc[n+]1C.[I-]. The third-order valence-electron chi connectivity index (χ3n) is 2.83. The zero-order valence-corrected chi connectivity index (χ0v) is 12.3. The van der Waals surface area contributed by atoms with Gasteiger partial charge in [0.1, 0.15) is 12.4 Å². The minimum atomic E-state index is 0. The lowest BCUT2D eigenvalue weighted by Gasteiger charge is -1.99. The molecule has 0 fully saturated rings. The van der Waals surface area contributed by atoms with E-state index in [1.807, 2.05) is 0 Å². The van der Waals surface area contributed by atoms with Crippen LogP contribution in [0.4, 0.5) is 0 Å². The van der Waals surface area contributed by atoms with Crippen LogP contribution >= 0.6 is 0 Å². The predicted molar refractivity (Wildman–Crippen MR) is 59.1 cm³/mol. The quantitative estimate of drug-likeness (QED) is 0.375. The highest BCUT2D eigenvalue weighted by molar-refractivity contribution is 4.81. The maximum atomic E-state index is 2.26. The smallest absolute Gasteiger partial charge is 0.255 e. The molecule has 0 N–H and O–H groups in total. The van der Waals surface area contributed by atoms with Gasteiger partial charge in [-0.1, -0.05) is 32.6 Å². The first kappa shape index (κ1) is 14.9. The molecule has 0 aliphatic heterocycles. The number of unbranched alkanes of at least 4 members (excludes halogenated alkanes) is 4. The Labute approximate surface area is 111 Å². The van der Waals surface area contributed by atoms with Crippen LogP contribution in [0.2, 0.25) is 0 Å². The molecule has 0 radical (unpaired) electrons. The summed E-state index contributed by atoms with van der Waals surface area (Å²) in [4.78, 5) is 0. The minimum absolute atomic E-state index is 0. The number of imidazole rings is 1. The van der Waals surface area contributed by atoms with Gasteiger partial charge in [-0.25, -0.2) is 9.13 Å². The van der Waals surface area contributed by atoms with Crippen molar-refractivity contribution in [3.05, 3.63) is 18.2 Å². The van der Waals surface area contributed by atoms with Crippen LogP contribution in [0.25, 0.3) is 0 Å². The van der Waals surface area contributed by atoms with Crippen LogP contribution in [0.5, 0.6) is 0 Å². The summed E-state index contributed by atoms with van der Waals surface area (Å²) in [7, 11) is 4.25. The second-order valence-electron chi connectivity index (χ2n) is 4.10. The molecule has 3 heteroatoms. The zero-order chi connectivity index (χ0) is 10.4. The number of hydrogen-bond acceptors (Lipinski definition) is 0. The number of halogens is 1. The van der Waals surface area contributed by atoms with E-state index in [9.17, 15) is 0 Å². The maximum absolute atomic E-state index is 2.26. The van der Waals surface area contributed by atoms with Crippen molar-refractivity contribution in [1.29, 1.82) is 0 Å². The first-order valence-corrected chi connectivity index (χ1v) is 5.75. The second-order valence-corrected chi connectivity index (χ2v) is 4.10. The summed E-state index contributed by atoms with van der Waals surface area (Å²) in [5.74, 6) is 1.43. The van der Waals surface area contributed by atoms with Crippen LogP contribution in [0.3, 0.4) is 0 Å². The lowest BCUT2D eigenvalue weighted by molar-refractivity contribution is -0.678. The third kappa shape index (κ3) is 5.00. The lowest BCUT2D eigenvalue weighted by atomic mass is 10.1. The van der Waals surface area contributed by atoms with E-state index < -0.39 is 0 Å². The molecule has 15 heavy (non-hydrogen) atoms. The highest BCUT2D eigenvalue weighted by Gasteiger charge is 2.09. The Hall–Kier alpha value is -0.0600. The fourth-order valence-corrected chi connectivity index (χ4v) is 1.86. The molecule has 0 aliphatic rings. The number of aromatic nitrogens is 2. The average molecular weight is 322 g/mol. The molecule has 0 amide bonds. The monoisotopic (exact) mass is 322 g/mol. The minimum Gasteiger partial charge on any atom is -1.00 e. The van der Waals surface area contributed by atoms with E-state index in [0.29, 0.717) is 0 Å². The molecule has 1 rings (SSSR count). The molecule has 0 bridgehead atoms. The van der Waals surface area contributed by atoms with Crippen molar-refractivity contribution >= 4 is 0 Å². The normalized spacial score (nSPS) is 10.1. The Kier molecular flexibility index (Phi) is 8.10. The molecular weight excluding hydrogens is 299 g/mol. The fourth-order valence-electron chi connectivity index (χ4n) is 1.86. The van der Waals surface area contributed by atoms with E-state index in [2.05, 4.69) is 42.5 Å². The molecule has 0 spiro atoms. The highest BCUT2D eigenvalue weighted by atomic mass is 127. The molecular formula is C12H23IN2. The standard InChI is InChI=1S/C12H23N2.HI/c1-4-5-6-7-8-9-12-13(2)10-11-14(12)3;/h10-11H,4-9H2,1-3H3;1H/q+1;/p-1. The predicted octanol–water partition coefficient (Wildman–Crippen LogP) is -0.633. The van der Waals surface area contributed by atoms with Gasteiger partial charge in [0.2, 0.25) is 0 Å². The van der Waals surface area contributed by atoms with E-state index in [1.165, 1.54) is 44.3 Å². The summed E-state index contributed by atoms with van der Waals surface area (Å²) >= 11 is 0. The van der Waals surface area contributed by atoms with Gasteiger partial charge in [0.05, 0.1) is 14.1 Å². The number of rotatable bonds is 6. The topological polar surface area (TPSA) is 8.81 Å². The van der Waals surface area contributed by atoms with E-state index in [-0.39, 0.29) is 24.0 Å². The zero-order valence-electron chi connectivity index (χ0n) is 10.2. The van der Waals surface area contributed by atoms with Gasteiger partial charge in [0.15, 0.2) is 0 Å². The van der Waals surface area contributed by atoms with Crippen LogP contribution in [0.15, 0.2) is 12.4 Å². The molecule has 2 nitrogen and oxygen atoms in total. The van der Waals surface area contributed by atoms with E-state index >= 15 is 0 Å². The van der Waals surface area contributed by atoms with Crippen molar-refractivity contribution < 1.29 is 28.5 Å². The van der Waals surface area contributed by atoms with Crippen molar-refractivity contribution in [3.63, 3.8) is 0 Å². The van der Waals surface area contributed by atoms with Crippen molar-refractivity contribution in [2.45, 2.75) is 45.4 Å². The largest absolute Gasteiger partial charge is 1.00 e. The molecule has 0 aliphatic carbocycles. The van der Waals surface area contributed by atoms with Crippen LogP contribution < -0.4 is 28.5 Å². The second kappa shape index (κ2) is 8.13. The van der Waals surface area contributed by atoms with Crippen LogP contribution in [0.1, 0.15) is 44.9 Å². The van der Waals surface area contributed by atoms with Gasteiger partial charge in [0.25, 0.3) is 5.82 Å². The van der Waals surface area contributed by atoms with Crippen molar-refractivity contribution in [2.75, 3.05) is 0 Å². The molecule has 0 atom stereocenters. The average Bonchev–Trinajstić information content (AvgIpc) is 2.48. The summed E-state index contributed by atoms with van der Waals surface area (Å²) in [6.07, 6.45) is 12.3. The van der Waals surface area contributed by atoms with Gasteiger partial charge in [-0.2, -0.15) is 0 Å². The van der Waals surface area contributed by atoms with Gasteiger partial charge in [-0.05, 0) is 6.42 Å². The first-order valence-electron chi connectivity index (χ1n) is 5.75. The molecule has 1 aromatic heterocycles. The maximum Gasteiger partial charge on any atom is 0.255 e. The molecule has 0 aromatic carbocycles. The Bertz CT molecular complexity index is 249. The summed E-state index contributed by atoms with van der Waals surface area (Å²) in [5, 5.41) is 0. The first-order chi connectivity index (χ1) is 6.75. The highest BCUT2D eigenvalue weighted by Crippen LogP contribution is 2.05. The third-order valence-corrected chi connectivity index (χ3v) is 2.83. The van der Waals surface area contributed by atoms with Gasteiger partial charge >= 0.3 is 0 Å². The summed E-state index contributed by atoms with van der Waals surface area (Å²) in [6, 6.07) is 0. The van der Waals surface area contributed by atoms with Gasteiger partial charge < -0.3 is 24.0 Å². The van der Waals surface area contributed by atoms with E-state index in [4.69, 9.17) is 0 Å². The van der Waals surface area contributed by atoms with Crippen LogP contribution in [-0.4, -0.2) is 4.57 Å². The summed E-state index contributed by atoms with van der Waals surface area (Å²) < 4.78 is 4.44. The Morgan fingerprint density at radius 1 is 1.20 bits per heavy atom. The molecule has 0 unspecified atom stereocenters. The van der Waals surface area contributed by atoms with Gasteiger partial charge in [-0.15, -0.1) is 0 Å². The molecule has 1 aromatic rings. The Balaban J connectivity index is 0.00000196. The van der Waals surface area contributed by atoms with Crippen molar-refractivity contribution in [2.24, 2.45) is 14.1 Å². The molecule has 1 heterocycles. The number of aryl methyl sites for hydroxylation is 2. The van der Waals surface area contributed by atoms with Gasteiger partial charge in [0, 0.05) is 6.42 Å². The van der Waals surface area contributed by atoms with Crippen LogP contribution in [0, 0.1) is 0 Å². The van der Waals surface area contributed by atoms with Crippen molar-refractivity contribution in [1.82, 2.24) is 4.57 Å². The Morgan fingerprint density at radius 2 is 1.87 bits per heavy atom. The summed E-state index contributed by atoms with van der Waals surface area (Å²) in [6.45, 7) is 2.26.